The number of carbonyl (C=O) groups excluding carboxylic acids is 1. The Balaban J connectivity index is 0.869. The maximum absolute atomic E-state index is 13.0. The molecule has 23 atom stereocenters. The van der Waals surface area contributed by atoms with Gasteiger partial charge in [-0.3, -0.25) is 0 Å². The number of esters is 1. The van der Waals surface area contributed by atoms with Gasteiger partial charge >= 0.3 is 5.97 Å². The largest absolute Gasteiger partial charge is 0.456 e. The van der Waals surface area contributed by atoms with Gasteiger partial charge in [0.1, 0.15) is 47.8 Å². The molecule has 6 N–H and O–H groups in total. The van der Waals surface area contributed by atoms with Gasteiger partial charge in [-0.2, -0.15) is 0 Å². The van der Waals surface area contributed by atoms with Crippen LogP contribution in [0.1, 0.15) is 111 Å². The quantitative estimate of drug-likeness (QED) is 0.0944. The summed E-state index contributed by atoms with van der Waals surface area (Å²) in [6.07, 6.45) is -4.62. The number of aliphatic hydroxyl groups excluding tert-OH is 3. The van der Waals surface area contributed by atoms with Crippen LogP contribution in [0.25, 0.3) is 6.08 Å². The van der Waals surface area contributed by atoms with Gasteiger partial charge in [-0.25, -0.2) is 4.79 Å². The van der Waals surface area contributed by atoms with Crippen molar-refractivity contribution in [3.8, 4) is 0 Å². The molecule has 0 aromatic heterocycles. The second-order valence-electron chi connectivity index (χ2n) is 21.5. The molecule has 3 heterocycles. The van der Waals surface area contributed by atoms with Crippen LogP contribution in [-0.2, 0) is 52.2 Å². The fourth-order valence-electron chi connectivity index (χ4n) is 14.0. The second-order valence-corrected chi connectivity index (χ2v) is 21.5. The van der Waals surface area contributed by atoms with E-state index in [9.17, 15) is 35.4 Å². The fourth-order valence-corrected chi connectivity index (χ4v) is 14.0. The molecule has 68 heavy (non-hydrogen) atoms. The van der Waals surface area contributed by atoms with Crippen LogP contribution in [0.4, 0.5) is 0 Å². The van der Waals surface area contributed by atoms with Gasteiger partial charge in [0.2, 0.25) is 0 Å². The lowest BCUT2D eigenvalue weighted by molar-refractivity contribution is -0.353. The molecule has 3 aliphatic heterocycles. The highest BCUT2D eigenvalue weighted by Crippen LogP contribution is 2.72. The lowest BCUT2D eigenvalue weighted by Crippen LogP contribution is -2.79. The van der Waals surface area contributed by atoms with Crippen LogP contribution in [0.5, 0.6) is 0 Å². The third-order valence-corrected chi connectivity index (χ3v) is 18.2. The third-order valence-electron chi connectivity index (χ3n) is 18.2. The van der Waals surface area contributed by atoms with Gasteiger partial charge in [0.15, 0.2) is 18.9 Å². The standard InChI is InChI=1S/C51H78O17/c1-27-41(54)45(61-9)42(55)46(64-27)68-44-29(3)63-40(25-35(44)60-8)67-43-28(2)62-39(24-34(43)59-7)66-33-18-19-47(5)32(23-33)17-20-50(57)36(47)26-37(52)48(6)49(56,21-22-51(48,50)58)30(4)65-38(53)16-15-31-13-11-10-12-14-31/h10-16,27-30,32-37,39-46,52,54-58H,17-26H2,1-9H3/b16-15+/t27-,28-,29-,30?,32?,33?,34+,35+,36?,37?,39+,40+,41-,42-,43-,44-,45-,46+,47?,48?,49?,50?,51?/m1/s1. The molecular formula is C51H78O17. The molecule has 4 saturated carbocycles. The number of hydrogen-bond donors (Lipinski definition) is 6. The minimum atomic E-state index is -1.86. The van der Waals surface area contributed by atoms with E-state index >= 15 is 0 Å². The normalized spacial score (nSPS) is 50.0. The molecule has 17 heteroatoms. The van der Waals surface area contributed by atoms with E-state index in [1.54, 1.807) is 41.1 Å². The van der Waals surface area contributed by atoms with Gasteiger partial charge in [-0.15, -0.1) is 0 Å². The smallest absolute Gasteiger partial charge is 0.331 e. The Morgan fingerprint density at radius 3 is 1.99 bits per heavy atom. The first kappa shape index (κ1) is 52.2. The van der Waals surface area contributed by atoms with Crippen molar-refractivity contribution in [2.24, 2.45) is 22.7 Å². The summed E-state index contributed by atoms with van der Waals surface area (Å²) in [5.74, 6) is -0.994. The first-order valence-corrected chi connectivity index (χ1v) is 24.8. The van der Waals surface area contributed by atoms with Crippen molar-refractivity contribution in [3.05, 3.63) is 42.0 Å². The summed E-state index contributed by atoms with van der Waals surface area (Å²) in [6, 6.07) is 9.31. The van der Waals surface area contributed by atoms with E-state index in [2.05, 4.69) is 6.92 Å². The van der Waals surface area contributed by atoms with Crippen LogP contribution in [0.2, 0.25) is 0 Å². The highest BCUT2D eigenvalue weighted by Gasteiger charge is 2.81. The number of benzene rings is 1. The van der Waals surface area contributed by atoms with Crippen LogP contribution in [0.15, 0.2) is 36.4 Å². The van der Waals surface area contributed by atoms with Crippen molar-refractivity contribution >= 4 is 12.0 Å². The molecule has 10 unspecified atom stereocenters. The Morgan fingerprint density at radius 2 is 1.35 bits per heavy atom. The maximum atomic E-state index is 13.0. The average Bonchev–Trinajstić information content (AvgIpc) is 3.54. The SMILES string of the molecule is CO[C@H]1[C@@H](O)[C@H](O[C@H]2[C@@H](OC)C[C@H](O[C@H]3[C@@H](OC)C[C@H](OC4CCC5(C)C(CCC6(O)C5CC(O)C5(C)C(O)(C(C)OC(=O)/C=C/c7ccccc7)CCC65O)C4)O[C@@H]3C)O[C@@H]2C)O[C@H](C)[C@H]1O. The van der Waals surface area contributed by atoms with Gasteiger partial charge in [-0.05, 0) is 108 Å². The van der Waals surface area contributed by atoms with Gasteiger partial charge in [0.05, 0.1) is 53.7 Å². The van der Waals surface area contributed by atoms with E-state index in [4.69, 9.17) is 47.4 Å². The highest BCUT2D eigenvalue weighted by atomic mass is 16.8. The predicted molar refractivity (Wildman–Crippen MR) is 243 cm³/mol. The van der Waals surface area contributed by atoms with Crippen LogP contribution in [0, 0.1) is 22.7 Å². The molecule has 0 amide bonds. The molecule has 8 rings (SSSR count). The molecular weight excluding hydrogens is 885 g/mol. The first-order valence-electron chi connectivity index (χ1n) is 24.8. The zero-order chi connectivity index (χ0) is 49.1. The Bertz CT molecular complexity index is 1910. The van der Waals surface area contributed by atoms with Gasteiger partial charge in [0, 0.05) is 40.2 Å². The number of ether oxygens (including phenoxy) is 10. The van der Waals surface area contributed by atoms with Crippen molar-refractivity contribution < 1.29 is 82.8 Å². The molecule has 7 fully saturated rings. The maximum Gasteiger partial charge on any atom is 0.331 e. The average molecular weight is 963 g/mol. The summed E-state index contributed by atoms with van der Waals surface area (Å²) in [4.78, 5) is 13.0. The number of carbonyl (C=O) groups is 1. The Labute approximate surface area is 400 Å². The summed E-state index contributed by atoms with van der Waals surface area (Å²) in [5.41, 5.74) is -6.50. The summed E-state index contributed by atoms with van der Waals surface area (Å²) < 4.78 is 61.2. The van der Waals surface area contributed by atoms with E-state index in [0.717, 1.165) is 5.56 Å². The molecule has 4 aliphatic carbocycles. The Hall–Kier alpha value is -2.17. The van der Waals surface area contributed by atoms with Gasteiger partial charge in [-0.1, -0.05) is 44.2 Å². The van der Waals surface area contributed by atoms with E-state index < -0.39 is 126 Å². The monoisotopic (exact) mass is 963 g/mol. The van der Waals surface area contributed by atoms with Crippen molar-refractivity contribution in [3.63, 3.8) is 0 Å². The summed E-state index contributed by atoms with van der Waals surface area (Å²) in [6.45, 7) is 10.9. The zero-order valence-corrected chi connectivity index (χ0v) is 41.2. The van der Waals surface area contributed by atoms with Crippen LogP contribution >= 0.6 is 0 Å². The van der Waals surface area contributed by atoms with E-state index in [-0.39, 0.29) is 43.8 Å². The number of hydrogen-bond acceptors (Lipinski definition) is 17. The molecule has 0 bridgehead atoms. The Morgan fingerprint density at radius 1 is 0.721 bits per heavy atom. The minimum Gasteiger partial charge on any atom is -0.456 e. The van der Waals surface area contributed by atoms with Crippen molar-refractivity contribution in [2.75, 3.05) is 21.3 Å². The molecule has 0 radical (unpaired) electrons. The zero-order valence-electron chi connectivity index (χ0n) is 41.2. The van der Waals surface area contributed by atoms with Crippen LogP contribution in [-0.4, -0.2) is 173 Å². The molecule has 3 saturated heterocycles. The minimum absolute atomic E-state index is 0.0353. The van der Waals surface area contributed by atoms with Crippen LogP contribution in [0.3, 0.4) is 0 Å². The van der Waals surface area contributed by atoms with Gasteiger partial charge in [0.25, 0.3) is 0 Å². The molecule has 384 valence electrons. The lowest BCUT2D eigenvalue weighted by atomic mass is 9.40. The molecule has 0 spiro atoms. The number of fused-ring (bicyclic) bond motifs is 5. The second kappa shape index (κ2) is 20.0. The highest BCUT2D eigenvalue weighted by molar-refractivity contribution is 5.87. The van der Waals surface area contributed by atoms with Crippen molar-refractivity contribution in [2.45, 2.75) is 221 Å². The summed E-state index contributed by atoms with van der Waals surface area (Å²) >= 11 is 0. The lowest BCUT2D eigenvalue weighted by Gasteiger charge is -2.69. The van der Waals surface area contributed by atoms with Crippen molar-refractivity contribution in [1.82, 2.24) is 0 Å². The molecule has 17 nitrogen and oxygen atoms in total. The number of aliphatic hydroxyl groups is 6. The molecule has 1 aromatic carbocycles. The van der Waals surface area contributed by atoms with E-state index in [1.807, 2.05) is 44.2 Å². The number of methoxy groups -OCH3 is 3. The van der Waals surface area contributed by atoms with Crippen LogP contribution < -0.4 is 0 Å². The Kier molecular flexibility index (Phi) is 15.4. The first-order chi connectivity index (χ1) is 32.2. The van der Waals surface area contributed by atoms with E-state index in [1.165, 1.54) is 13.2 Å². The summed E-state index contributed by atoms with van der Waals surface area (Å²) in [5, 5.41) is 71.7. The van der Waals surface area contributed by atoms with Crippen molar-refractivity contribution in [1.29, 1.82) is 0 Å². The predicted octanol–water partition coefficient (Wildman–Crippen LogP) is 3.54. The topological polar surface area (TPSA) is 231 Å². The van der Waals surface area contributed by atoms with Gasteiger partial charge < -0.3 is 78.0 Å². The fraction of sp³-hybridized carbons (Fsp3) is 0.824. The van der Waals surface area contributed by atoms with E-state index in [0.29, 0.717) is 38.5 Å². The number of rotatable bonds is 13. The molecule has 7 aliphatic rings. The third kappa shape index (κ3) is 8.84. The molecule has 1 aromatic rings. The summed E-state index contributed by atoms with van der Waals surface area (Å²) in [7, 11) is 4.63.